The molecule has 9 heavy (non-hydrogen) atoms. The summed E-state index contributed by atoms with van der Waals surface area (Å²) >= 11 is 0. The van der Waals surface area contributed by atoms with Crippen molar-refractivity contribution in [3.8, 4) is 0 Å². The lowest BCUT2D eigenvalue weighted by Crippen LogP contribution is -2.01. The van der Waals surface area contributed by atoms with Crippen LogP contribution in [0.4, 0.5) is 0 Å². The lowest BCUT2D eigenvalue weighted by atomic mass is 10.0. The molecule has 0 spiro atoms. The molecule has 1 rings (SSSR count). The molecule has 1 saturated carbocycles. The Labute approximate surface area is 60.6 Å². The van der Waals surface area contributed by atoms with Crippen molar-refractivity contribution in [2.24, 2.45) is 0 Å². The lowest BCUT2D eigenvalue weighted by Gasteiger charge is -2.13. The van der Waals surface area contributed by atoms with E-state index in [9.17, 15) is 0 Å². The summed E-state index contributed by atoms with van der Waals surface area (Å²) in [5, 5.41) is 0. The van der Waals surface area contributed by atoms with E-state index in [1.807, 2.05) is 0 Å². The molecule has 0 aromatic heterocycles. The van der Waals surface area contributed by atoms with Gasteiger partial charge in [-0.25, -0.2) is 0 Å². The highest BCUT2D eigenvalue weighted by molar-refractivity contribution is 7.17. The molecule has 0 aromatic rings. The van der Waals surface area contributed by atoms with E-state index in [2.05, 4.69) is 15.7 Å². The highest BCUT2D eigenvalue weighted by Crippen LogP contribution is 2.21. The zero-order chi connectivity index (χ0) is 6.53. The Kier molecular flexibility index (Phi) is 3.58. The van der Waals surface area contributed by atoms with Crippen LogP contribution in [0.15, 0.2) is 0 Å². The fourth-order valence-electron chi connectivity index (χ4n) is 1.30. The van der Waals surface area contributed by atoms with Gasteiger partial charge in [0.05, 0.1) is 0 Å². The summed E-state index contributed by atoms with van der Waals surface area (Å²) in [7, 11) is 3.66. The van der Waals surface area contributed by atoms with Crippen molar-refractivity contribution in [2.45, 2.75) is 44.2 Å². The number of rotatable bonds is 0. The lowest BCUT2D eigenvalue weighted by molar-refractivity contribution is 0.571. The van der Waals surface area contributed by atoms with Gasteiger partial charge in [0.2, 0.25) is 0 Å². The molecule has 0 heterocycles. The fourth-order valence-corrected chi connectivity index (χ4v) is 1.67. The van der Waals surface area contributed by atoms with Crippen LogP contribution in [0.1, 0.15) is 38.5 Å². The minimum Gasteiger partial charge on any atom is -0.0955 e. The van der Waals surface area contributed by atoms with Gasteiger partial charge in [0.25, 0.3) is 0 Å². The molecule has 0 saturated heterocycles. The van der Waals surface area contributed by atoms with Crippen molar-refractivity contribution in [3.63, 3.8) is 0 Å². The van der Waals surface area contributed by atoms with E-state index in [1.165, 1.54) is 38.5 Å². The van der Waals surface area contributed by atoms with E-state index in [1.54, 1.807) is 0 Å². The van der Waals surface area contributed by atoms with Crippen LogP contribution in [0.3, 0.4) is 0 Å². The van der Waals surface area contributed by atoms with E-state index >= 15 is 0 Å². The van der Waals surface area contributed by atoms with Gasteiger partial charge in [-0.15, -0.1) is 0 Å². The van der Waals surface area contributed by atoms with Crippen LogP contribution in [0.2, 0.25) is 0 Å². The quantitative estimate of drug-likeness (QED) is 0.456. The molecule has 0 nitrogen and oxygen atoms in total. The fraction of sp³-hybridized carbons (Fsp3) is 0.875. The summed E-state index contributed by atoms with van der Waals surface area (Å²) in [6, 6.07) is 0. The first-order valence-corrected chi connectivity index (χ1v) is 4.52. The molecule has 1 aliphatic rings. The third kappa shape index (κ3) is 3.20. The predicted octanol–water partition coefficient (Wildman–Crippen LogP) is 3.06. The molecule has 1 atom stereocenters. The number of hydrogen-bond acceptors (Lipinski definition) is 0. The molecular weight excluding hydrogens is 127 g/mol. The van der Waals surface area contributed by atoms with Gasteiger partial charge in [-0.05, 0) is 24.9 Å². The molecule has 1 heteroatoms. The molecule has 1 unspecified atom stereocenters. The highest BCUT2D eigenvalue weighted by Gasteiger charge is 2.05. The Morgan fingerprint density at radius 2 is 1.89 bits per heavy atom. The van der Waals surface area contributed by atoms with Crippen LogP contribution < -0.4 is 0 Å². The summed E-state index contributed by atoms with van der Waals surface area (Å²) in [4.78, 5) is 0. The van der Waals surface area contributed by atoms with Crippen LogP contribution in [0.25, 0.3) is 0 Å². The second-order valence-corrected chi connectivity index (χ2v) is 3.58. The smallest absolute Gasteiger partial charge is 0.0169 e. The molecule has 52 valence electrons. The Hall–Kier alpha value is 0.430. The summed E-state index contributed by atoms with van der Waals surface area (Å²) in [5.41, 5.74) is 0.699. The van der Waals surface area contributed by atoms with Crippen LogP contribution in [0, 0.1) is 6.42 Å². The molecule has 1 aliphatic carbocycles. The first-order valence-electron chi connectivity index (χ1n) is 3.94. The van der Waals surface area contributed by atoms with Crippen molar-refractivity contribution in [1.29, 1.82) is 0 Å². The van der Waals surface area contributed by atoms with Crippen LogP contribution in [-0.2, 0) is 0 Å². The first-order chi connectivity index (χ1) is 4.39. The van der Waals surface area contributed by atoms with E-state index in [4.69, 9.17) is 0 Å². The van der Waals surface area contributed by atoms with Gasteiger partial charge in [0, 0.05) is 0 Å². The monoisotopic (exact) mass is 142 g/mol. The zero-order valence-corrected chi connectivity index (χ0v) is 6.90. The van der Waals surface area contributed by atoms with Crippen molar-refractivity contribution in [3.05, 3.63) is 6.42 Å². The minimum absolute atomic E-state index is 0.699. The molecular formula is C8H15P. The molecule has 0 aromatic carbocycles. The second kappa shape index (κ2) is 4.28. The largest absolute Gasteiger partial charge is 0.0955 e. The highest BCUT2D eigenvalue weighted by atomic mass is 31.0. The predicted molar refractivity (Wildman–Crippen MR) is 44.1 cm³/mol. The van der Waals surface area contributed by atoms with Gasteiger partial charge in [-0.1, -0.05) is 34.9 Å². The van der Waals surface area contributed by atoms with Crippen molar-refractivity contribution in [1.82, 2.24) is 0 Å². The first kappa shape index (κ1) is 7.54. The summed E-state index contributed by atoms with van der Waals surface area (Å²) in [5.74, 6) is 0. The maximum absolute atomic E-state index is 3.66. The third-order valence-corrected chi connectivity index (χ3v) is 2.44. The Balaban J connectivity index is 2.12. The van der Waals surface area contributed by atoms with E-state index in [0.29, 0.717) is 5.66 Å². The van der Waals surface area contributed by atoms with E-state index in [-0.39, 0.29) is 0 Å². The SMILES string of the molecule is [PH]C1[CH]CCCCCC1. The van der Waals surface area contributed by atoms with Gasteiger partial charge < -0.3 is 0 Å². The van der Waals surface area contributed by atoms with E-state index in [0.717, 1.165) is 0 Å². The standard InChI is InChI=1S/C8H15P/c9-8-6-4-2-1-3-5-7-8/h6,8-9H,1-5,7H2. The maximum atomic E-state index is 3.66. The molecule has 0 amide bonds. The van der Waals surface area contributed by atoms with Gasteiger partial charge >= 0.3 is 0 Å². The van der Waals surface area contributed by atoms with Crippen LogP contribution >= 0.6 is 9.24 Å². The molecule has 0 aliphatic heterocycles. The topological polar surface area (TPSA) is 0 Å². The van der Waals surface area contributed by atoms with Gasteiger partial charge in [0.15, 0.2) is 0 Å². The molecule has 0 N–H and O–H groups in total. The van der Waals surface area contributed by atoms with E-state index < -0.39 is 0 Å². The summed E-state index contributed by atoms with van der Waals surface area (Å²) in [6.45, 7) is 0. The molecule has 2 radical (unpaired) electrons. The third-order valence-electron chi connectivity index (χ3n) is 1.92. The van der Waals surface area contributed by atoms with Crippen molar-refractivity contribution < 1.29 is 0 Å². The summed E-state index contributed by atoms with van der Waals surface area (Å²) < 4.78 is 0. The Bertz CT molecular complexity index is 63.0. The summed E-state index contributed by atoms with van der Waals surface area (Å²) in [6.07, 6.45) is 10.7. The van der Waals surface area contributed by atoms with Gasteiger partial charge in [0.1, 0.15) is 0 Å². The minimum atomic E-state index is 0.699. The van der Waals surface area contributed by atoms with Gasteiger partial charge in [-0.2, -0.15) is 0 Å². The maximum Gasteiger partial charge on any atom is -0.0169 e. The molecule has 1 fully saturated rings. The Morgan fingerprint density at radius 1 is 1.11 bits per heavy atom. The average molecular weight is 142 g/mol. The van der Waals surface area contributed by atoms with Gasteiger partial charge in [-0.3, -0.25) is 0 Å². The van der Waals surface area contributed by atoms with Crippen molar-refractivity contribution in [2.75, 3.05) is 0 Å². The van der Waals surface area contributed by atoms with Crippen molar-refractivity contribution >= 4 is 9.24 Å². The van der Waals surface area contributed by atoms with Crippen LogP contribution in [0.5, 0.6) is 0 Å². The second-order valence-electron chi connectivity index (χ2n) is 2.83. The Morgan fingerprint density at radius 3 is 2.78 bits per heavy atom. The zero-order valence-electron chi connectivity index (χ0n) is 5.90. The number of hydrogen-bond donors (Lipinski definition) is 0. The normalized spacial score (nSPS) is 25.0. The molecule has 0 bridgehead atoms. The van der Waals surface area contributed by atoms with Crippen LogP contribution in [-0.4, -0.2) is 5.66 Å². The average Bonchev–Trinajstić information content (AvgIpc) is 1.79.